The number of nitro groups is 1. The highest BCUT2D eigenvalue weighted by Crippen LogP contribution is 2.21. The van der Waals surface area contributed by atoms with Gasteiger partial charge in [0.25, 0.3) is 11.6 Å². The van der Waals surface area contributed by atoms with Gasteiger partial charge in [-0.3, -0.25) is 14.9 Å². The maximum absolute atomic E-state index is 13.6. The molecule has 21 heavy (non-hydrogen) atoms. The molecule has 0 fully saturated rings. The third-order valence-electron chi connectivity index (χ3n) is 2.79. The number of hydrogen-bond donors (Lipinski definition) is 2. The number of non-ortho nitro benzene ring substituents is 1. The van der Waals surface area contributed by atoms with Gasteiger partial charge in [0, 0.05) is 12.1 Å². The summed E-state index contributed by atoms with van der Waals surface area (Å²) in [4.78, 5) is 33.0. The molecule has 1 aromatic rings. The Morgan fingerprint density at radius 3 is 2.38 bits per heavy atom. The number of nitrogens with one attached hydrogen (secondary N) is 1. The average Bonchev–Trinajstić information content (AvgIpc) is 2.33. The van der Waals surface area contributed by atoms with Crippen LogP contribution in [0.5, 0.6) is 0 Å². The van der Waals surface area contributed by atoms with E-state index in [0.717, 1.165) is 18.2 Å². The molecule has 0 heterocycles. The van der Waals surface area contributed by atoms with Gasteiger partial charge in [0.2, 0.25) is 0 Å². The van der Waals surface area contributed by atoms with Gasteiger partial charge in [-0.05, 0) is 11.5 Å². The molecule has 0 spiro atoms. The molecule has 1 aromatic carbocycles. The molecule has 2 N–H and O–H groups in total. The Balaban J connectivity index is 3.11. The van der Waals surface area contributed by atoms with Crippen molar-refractivity contribution in [3.63, 3.8) is 0 Å². The molecule has 0 aliphatic rings. The van der Waals surface area contributed by atoms with Crippen molar-refractivity contribution in [3.8, 4) is 0 Å². The van der Waals surface area contributed by atoms with E-state index in [1.165, 1.54) is 0 Å². The number of carbonyl (C=O) groups is 2. The van der Waals surface area contributed by atoms with E-state index in [2.05, 4.69) is 5.32 Å². The molecule has 8 heteroatoms. The third-order valence-corrected chi connectivity index (χ3v) is 2.79. The number of amides is 1. The lowest BCUT2D eigenvalue weighted by Crippen LogP contribution is -2.49. The number of halogens is 1. The van der Waals surface area contributed by atoms with Crippen molar-refractivity contribution in [2.75, 3.05) is 0 Å². The number of carboxylic acid groups (broad SMARTS) is 1. The lowest BCUT2D eigenvalue weighted by atomic mass is 9.86. The van der Waals surface area contributed by atoms with Crippen molar-refractivity contribution in [1.29, 1.82) is 0 Å². The topological polar surface area (TPSA) is 110 Å². The quantitative estimate of drug-likeness (QED) is 0.652. The first-order valence-corrected chi connectivity index (χ1v) is 6.01. The molecular weight excluding hydrogens is 283 g/mol. The smallest absolute Gasteiger partial charge is 0.326 e. The molecule has 1 amide bonds. The first-order chi connectivity index (χ1) is 9.54. The number of carboxylic acids is 1. The van der Waals surface area contributed by atoms with Crippen LogP contribution in [-0.4, -0.2) is 27.9 Å². The third kappa shape index (κ3) is 3.98. The summed E-state index contributed by atoms with van der Waals surface area (Å²) in [5.74, 6) is -3.25. The largest absolute Gasteiger partial charge is 0.480 e. The molecular formula is C13H15FN2O5. The van der Waals surface area contributed by atoms with Gasteiger partial charge in [-0.15, -0.1) is 0 Å². The van der Waals surface area contributed by atoms with Gasteiger partial charge in [0.1, 0.15) is 11.9 Å². The van der Waals surface area contributed by atoms with Crippen molar-refractivity contribution in [2.24, 2.45) is 5.41 Å². The maximum Gasteiger partial charge on any atom is 0.326 e. The van der Waals surface area contributed by atoms with E-state index in [1.54, 1.807) is 20.8 Å². The fraction of sp³-hybridized carbons (Fsp3) is 0.385. The Morgan fingerprint density at radius 2 is 1.95 bits per heavy atom. The summed E-state index contributed by atoms with van der Waals surface area (Å²) in [6.07, 6.45) is 0. The molecule has 0 aromatic heterocycles. The molecule has 0 aliphatic carbocycles. The average molecular weight is 298 g/mol. The number of hydrogen-bond acceptors (Lipinski definition) is 4. The molecule has 7 nitrogen and oxygen atoms in total. The highest BCUT2D eigenvalue weighted by molar-refractivity contribution is 5.97. The lowest BCUT2D eigenvalue weighted by molar-refractivity contribution is -0.384. The fourth-order valence-electron chi connectivity index (χ4n) is 1.66. The van der Waals surface area contributed by atoms with Crippen LogP contribution >= 0.6 is 0 Å². The summed E-state index contributed by atoms with van der Waals surface area (Å²) in [7, 11) is 0. The van der Waals surface area contributed by atoms with Gasteiger partial charge in [-0.1, -0.05) is 20.8 Å². The second-order valence-electron chi connectivity index (χ2n) is 5.53. The fourth-order valence-corrected chi connectivity index (χ4v) is 1.66. The van der Waals surface area contributed by atoms with Gasteiger partial charge in [0.15, 0.2) is 0 Å². The van der Waals surface area contributed by atoms with E-state index in [0.29, 0.717) is 0 Å². The normalized spacial score (nSPS) is 12.6. The predicted octanol–water partition coefficient (Wildman–Crippen LogP) is 1.96. The van der Waals surface area contributed by atoms with E-state index in [1.807, 2.05) is 0 Å². The van der Waals surface area contributed by atoms with Crippen molar-refractivity contribution in [1.82, 2.24) is 5.32 Å². The van der Waals surface area contributed by atoms with Gasteiger partial charge in [-0.25, -0.2) is 9.18 Å². The van der Waals surface area contributed by atoms with E-state index < -0.39 is 45.3 Å². The van der Waals surface area contributed by atoms with Crippen LogP contribution < -0.4 is 5.32 Å². The van der Waals surface area contributed by atoms with Crippen molar-refractivity contribution >= 4 is 17.6 Å². The van der Waals surface area contributed by atoms with Crippen molar-refractivity contribution < 1.29 is 24.0 Å². The lowest BCUT2D eigenvalue weighted by Gasteiger charge is -2.27. The summed E-state index contributed by atoms with van der Waals surface area (Å²) in [5, 5.41) is 21.9. The first-order valence-electron chi connectivity index (χ1n) is 6.01. The second kappa shape index (κ2) is 5.86. The zero-order chi connectivity index (χ0) is 16.4. The van der Waals surface area contributed by atoms with Gasteiger partial charge in [0.05, 0.1) is 10.5 Å². The van der Waals surface area contributed by atoms with E-state index in [-0.39, 0.29) is 0 Å². The number of nitrogens with zero attached hydrogens (tertiary/aromatic N) is 1. The molecule has 0 saturated heterocycles. The number of nitro benzene ring substituents is 1. The van der Waals surface area contributed by atoms with E-state index in [9.17, 15) is 24.1 Å². The van der Waals surface area contributed by atoms with Crippen LogP contribution in [0, 0.1) is 21.3 Å². The summed E-state index contributed by atoms with van der Waals surface area (Å²) >= 11 is 0. The number of rotatable bonds is 4. The minimum Gasteiger partial charge on any atom is -0.480 e. The van der Waals surface area contributed by atoms with Gasteiger partial charge >= 0.3 is 5.97 Å². The van der Waals surface area contributed by atoms with Crippen LogP contribution in [0.4, 0.5) is 10.1 Å². The van der Waals surface area contributed by atoms with Crippen LogP contribution in [0.25, 0.3) is 0 Å². The Kier molecular flexibility index (Phi) is 4.62. The molecule has 1 unspecified atom stereocenters. The monoisotopic (exact) mass is 298 g/mol. The second-order valence-corrected chi connectivity index (χ2v) is 5.53. The van der Waals surface area contributed by atoms with Gasteiger partial charge < -0.3 is 10.4 Å². The van der Waals surface area contributed by atoms with E-state index >= 15 is 0 Å². The van der Waals surface area contributed by atoms with Crippen LogP contribution in [0.3, 0.4) is 0 Å². The zero-order valence-corrected chi connectivity index (χ0v) is 11.7. The summed E-state index contributed by atoms with van der Waals surface area (Å²) in [5.41, 5.74) is -1.83. The maximum atomic E-state index is 13.6. The first kappa shape index (κ1) is 16.5. The Morgan fingerprint density at radius 1 is 1.38 bits per heavy atom. The van der Waals surface area contributed by atoms with Crippen molar-refractivity contribution in [2.45, 2.75) is 26.8 Å². The Bertz CT molecular complexity index is 595. The molecule has 0 bridgehead atoms. The van der Waals surface area contributed by atoms with E-state index in [4.69, 9.17) is 5.11 Å². The number of benzene rings is 1. The zero-order valence-electron chi connectivity index (χ0n) is 11.7. The van der Waals surface area contributed by atoms with Crippen LogP contribution in [0.15, 0.2) is 18.2 Å². The predicted molar refractivity (Wildman–Crippen MR) is 71.4 cm³/mol. The summed E-state index contributed by atoms with van der Waals surface area (Å²) in [6.45, 7) is 4.78. The Labute approximate surface area is 119 Å². The minimum atomic E-state index is -1.28. The van der Waals surface area contributed by atoms with Gasteiger partial charge in [-0.2, -0.15) is 0 Å². The Hall–Kier alpha value is -2.51. The standard InChI is InChI=1S/C13H15FN2O5/c1-13(2,3)10(12(18)19)15-11(17)8-6-7(16(20)21)4-5-9(8)14/h4-6,10H,1-3H3,(H,15,17)(H,18,19). The molecule has 1 rings (SSSR count). The SMILES string of the molecule is CC(C)(C)C(NC(=O)c1cc([N+](=O)[O-])ccc1F)C(=O)O. The molecule has 0 radical (unpaired) electrons. The molecule has 0 saturated carbocycles. The molecule has 0 aliphatic heterocycles. The molecule has 1 atom stereocenters. The summed E-state index contributed by atoms with van der Waals surface area (Å²) < 4.78 is 13.6. The minimum absolute atomic E-state index is 0.454. The van der Waals surface area contributed by atoms with Crippen molar-refractivity contribution in [3.05, 3.63) is 39.7 Å². The van der Waals surface area contributed by atoms with Crippen LogP contribution in [0.1, 0.15) is 31.1 Å². The highest BCUT2D eigenvalue weighted by Gasteiger charge is 2.33. The van der Waals surface area contributed by atoms with Crippen LogP contribution in [0.2, 0.25) is 0 Å². The van der Waals surface area contributed by atoms with Crippen LogP contribution in [-0.2, 0) is 4.79 Å². The highest BCUT2D eigenvalue weighted by atomic mass is 19.1. The number of carbonyl (C=O) groups excluding carboxylic acids is 1. The number of aliphatic carboxylic acids is 1. The molecule has 114 valence electrons. The summed E-state index contributed by atoms with van der Waals surface area (Å²) in [6, 6.07) is 1.22.